The Balaban J connectivity index is 2.05. The van der Waals surface area contributed by atoms with Gasteiger partial charge in [-0.25, -0.2) is 9.18 Å². The molecule has 0 spiro atoms. The van der Waals surface area contributed by atoms with E-state index in [1.807, 2.05) is 12.1 Å². The highest BCUT2D eigenvalue weighted by molar-refractivity contribution is 9.10. The first-order valence-corrected chi connectivity index (χ1v) is 6.51. The van der Waals surface area contributed by atoms with Gasteiger partial charge < -0.3 is 10.6 Å². The number of carbonyl (C=O) groups is 1. The predicted molar refractivity (Wildman–Crippen MR) is 78.2 cm³/mol. The third-order valence-corrected chi connectivity index (χ3v) is 3.28. The molecule has 2 amide bonds. The van der Waals surface area contributed by atoms with Gasteiger partial charge in [0, 0.05) is 10.2 Å². The van der Waals surface area contributed by atoms with Crippen molar-refractivity contribution in [2.45, 2.75) is 0 Å². The van der Waals surface area contributed by atoms with E-state index in [2.05, 4.69) is 26.6 Å². The molecule has 0 radical (unpaired) electrons. The summed E-state index contributed by atoms with van der Waals surface area (Å²) in [5, 5.41) is 5.18. The van der Waals surface area contributed by atoms with Crippen molar-refractivity contribution in [2.24, 2.45) is 0 Å². The van der Waals surface area contributed by atoms with Crippen LogP contribution in [0.25, 0.3) is 0 Å². The number of amides is 2. The van der Waals surface area contributed by atoms with E-state index in [0.29, 0.717) is 11.4 Å². The quantitative estimate of drug-likeness (QED) is 0.801. The van der Waals surface area contributed by atoms with Crippen LogP contribution in [0.1, 0.15) is 0 Å². The summed E-state index contributed by atoms with van der Waals surface area (Å²) in [6.07, 6.45) is 0. The van der Waals surface area contributed by atoms with Gasteiger partial charge in [-0.05, 0) is 46.3 Å². The third kappa shape index (κ3) is 3.68. The summed E-state index contributed by atoms with van der Waals surface area (Å²) in [5.74, 6) is -0.529. The Labute approximate surface area is 122 Å². The number of carbonyl (C=O) groups excluding carboxylic acids is 1. The largest absolute Gasteiger partial charge is 0.323 e. The fraction of sp³-hybridized carbons (Fsp3) is 0. The van der Waals surface area contributed by atoms with Gasteiger partial charge in [-0.15, -0.1) is 0 Å². The summed E-state index contributed by atoms with van der Waals surface area (Å²) in [4.78, 5) is 11.8. The highest BCUT2D eigenvalue weighted by Gasteiger charge is 2.06. The highest BCUT2D eigenvalue weighted by Crippen LogP contribution is 2.22. The second-order valence-electron chi connectivity index (χ2n) is 3.69. The molecule has 2 aromatic carbocycles. The van der Waals surface area contributed by atoms with Crippen molar-refractivity contribution in [2.75, 3.05) is 10.6 Å². The molecule has 2 aromatic rings. The smallest absolute Gasteiger partial charge is 0.308 e. The van der Waals surface area contributed by atoms with Crippen molar-refractivity contribution in [3.8, 4) is 0 Å². The predicted octanol–water partition coefficient (Wildman–Crippen LogP) is 4.89. The maximum absolute atomic E-state index is 13.0. The Kier molecular flexibility index (Phi) is 4.39. The molecule has 0 bridgehead atoms. The summed E-state index contributed by atoms with van der Waals surface area (Å²) in [5.41, 5.74) is 1.05. The van der Waals surface area contributed by atoms with E-state index in [1.54, 1.807) is 12.1 Å². The zero-order chi connectivity index (χ0) is 13.8. The minimum absolute atomic E-state index is 0.0429. The van der Waals surface area contributed by atoms with Crippen LogP contribution >= 0.6 is 27.5 Å². The van der Waals surface area contributed by atoms with Gasteiger partial charge >= 0.3 is 6.03 Å². The molecule has 0 heterocycles. The minimum atomic E-state index is -0.529. The summed E-state index contributed by atoms with van der Waals surface area (Å²) in [7, 11) is 0. The molecule has 19 heavy (non-hydrogen) atoms. The molecule has 2 rings (SSSR count). The van der Waals surface area contributed by atoms with Crippen molar-refractivity contribution in [3.63, 3.8) is 0 Å². The lowest BCUT2D eigenvalue weighted by Crippen LogP contribution is -2.19. The zero-order valence-corrected chi connectivity index (χ0v) is 11.9. The number of hydrogen-bond acceptors (Lipinski definition) is 1. The summed E-state index contributed by atoms with van der Waals surface area (Å²) < 4.78 is 13.7. The monoisotopic (exact) mass is 342 g/mol. The first kappa shape index (κ1) is 13.8. The number of anilines is 2. The molecule has 0 saturated carbocycles. The normalized spacial score (nSPS) is 10.1. The van der Waals surface area contributed by atoms with E-state index in [4.69, 9.17) is 11.6 Å². The Bertz CT molecular complexity index is 621. The van der Waals surface area contributed by atoms with E-state index in [0.717, 1.165) is 4.47 Å². The lowest BCUT2D eigenvalue weighted by Gasteiger charge is -2.09. The van der Waals surface area contributed by atoms with Gasteiger partial charge in [-0.1, -0.05) is 23.7 Å². The fourth-order valence-electron chi connectivity index (χ4n) is 1.42. The summed E-state index contributed by atoms with van der Waals surface area (Å²) in [6, 6.07) is 10.7. The third-order valence-electron chi connectivity index (χ3n) is 2.30. The van der Waals surface area contributed by atoms with Crippen LogP contribution in [0.2, 0.25) is 5.02 Å². The maximum Gasteiger partial charge on any atom is 0.323 e. The van der Waals surface area contributed by atoms with Gasteiger partial charge in [-0.3, -0.25) is 0 Å². The molecule has 0 aliphatic carbocycles. The molecular formula is C13H9BrClFN2O. The van der Waals surface area contributed by atoms with Crippen molar-refractivity contribution in [1.29, 1.82) is 0 Å². The molecule has 2 N–H and O–H groups in total. The van der Waals surface area contributed by atoms with Crippen LogP contribution < -0.4 is 10.6 Å². The molecule has 0 unspecified atom stereocenters. The molecule has 0 aliphatic heterocycles. The number of rotatable bonds is 2. The van der Waals surface area contributed by atoms with Gasteiger partial charge in [0.25, 0.3) is 0 Å². The fourth-order valence-corrected chi connectivity index (χ4v) is 1.99. The van der Waals surface area contributed by atoms with Gasteiger partial charge in [0.1, 0.15) is 5.82 Å². The van der Waals surface area contributed by atoms with Crippen LogP contribution in [0.15, 0.2) is 46.9 Å². The number of hydrogen-bond donors (Lipinski definition) is 2. The average Bonchev–Trinajstić information content (AvgIpc) is 2.37. The Morgan fingerprint density at radius 3 is 2.58 bits per heavy atom. The van der Waals surface area contributed by atoms with Gasteiger partial charge in [-0.2, -0.15) is 0 Å². The van der Waals surface area contributed by atoms with Gasteiger partial charge in [0.15, 0.2) is 0 Å². The molecule has 0 saturated heterocycles. The SMILES string of the molecule is O=C(Nc1ccc(F)c(Cl)c1)Nc1ccccc1Br. The van der Waals surface area contributed by atoms with E-state index in [9.17, 15) is 9.18 Å². The summed E-state index contributed by atoms with van der Waals surface area (Å²) in [6.45, 7) is 0. The first-order valence-electron chi connectivity index (χ1n) is 5.34. The second kappa shape index (κ2) is 6.04. The lowest BCUT2D eigenvalue weighted by molar-refractivity contribution is 0.262. The molecule has 0 aliphatic rings. The van der Waals surface area contributed by atoms with Crippen LogP contribution in [0.5, 0.6) is 0 Å². The van der Waals surface area contributed by atoms with E-state index in [-0.39, 0.29) is 5.02 Å². The lowest BCUT2D eigenvalue weighted by atomic mass is 10.3. The van der Waals surface area contributed by atoms with Crippen LogP contribution in [0.3, 0.4) is 0 Å². The molecule has 6 heteroatoms. The molecule has 3 nitrogen and oxygen atoms in total. The second-order valence-corrected chi connectivity index (χ2v) is 4.95. The van der Waals surface area contributed by atoms with Crippen molar-refractivity contribution >= 4 is 44.9 Å². The van der Waals surface area contributed by atoms with Crippen molar-refractivity contribution < 1.29 is 9.18 Å². The Morgan fingerprint density at radius 2 is 1.89 bits per heavy atom. The highest BCUT2D eigenvalue weighted by atomic mass is 79.9. The van der Waals surface area contributed by atoms with Crippen LogP contribution in [-0.2, 0) is 0 Å². The van der Waals surface area contributed by atoms with Crippen LogP contribution in [-0.4, -0.2) is 6.03 Å². The standard InChI is InChI=1S/C13H9BrClFN2O/c14-9-3-1-2-4-12(9)18-13(19)17-8-5-6-11(16)10(15)7-8/h1-7H,(H2,17,18,19). The number of nitrogens with one attached hydrogen (secondary N) is 2. The number of urea groups is 1. The van der Waals surface area contributed by atoms with Gasteiger partial charge in [0.05, 0.1) is 10.7 Å². The Morgan fingerprint density at radius 1 is 1.16 bits per heavy atom. The van der Waals surface area contributed by atoms with Crippen molar-refractivity contribution in [1.82, 2.24) is 0 Å². The topological polar surface area (TPSA) is 41.1 Å². The first-order chi connectivity index (χ1) is 9.06. The minimum Gasteiger partial charge on any atom is -0.308 e. The molecule has 0 aromatic heterocycles. The average molecular weight is 344 g/mol. The molecule has 98 valence electrons. The van der Waals surface area contributed by atoms with Crippen LogP contribution in [0.4, 0.5) is 20.6 Å². The molecular weight excluding hydrogens is 335 g/mol. The van der Waals surface area contributed by atoms with Crippen molar-refractivity contribution in [3.05, 3.63) is 57.8 Å². The van der Waals surface area contributed by atoms with E-state index in [1.165, 1.54) is 18.2 Å². The van der Waals surface area contributed by atoms with Gasteiger partial charge in [0.2, 0.25) is 0 Å². The molecule has 0 atom stereocenters. The number of halogens is 3. The summed E-state index contributed by atoms with van der Waals surface area (Å²) >= 11 is 8.95. The van der Waals surface area contributed by atoms with E-state index >= 15 is 0 Å². The maximum atomic E-state index is 13.0. The van der Waals surface area contributed by atoms with Crippen LogP contribution in [0, 0.1) is 5.82 Å². The number of para-hydroxylation sites is 1. The zero-order valence-electron chi connectivity index (χ0n) is 9.58. The molecule has 0 fully saturated rings. The number of benzene rings is 2. The van der Waals surface area contributed by atoms with E-state index < -0.39 is 11.8 Å². The Hall–Kier alpha value is -1.59.